The first-order valence-corrected chi connectivity index (χ1v) is 6.43. The highest BCUT2D eigenvalue weighted by Gasteiger charge is 2.05. The molecule has 1 heterocycles. The first kappa shape index (κ1) is 12.4. The van der Waals surface area contributed by atoms with E-state index in [0.717, 1.165) is 6.42 Å². The molecule has 0 aliphatic heterocycles. The lowest BCUT2D eigenvalue weighted by molar-refractivity contribution is 0.491. The largest absolute Gasteiger partial charge is 0.469 e. The fourth-order valence-electron chi connectivity index (χ4n) is 1.91. The Balaban J connectivity index is 2.32. The van der Waals surface area contributed by atoms with Crippen LogP contribution in [0.5, 0.6) is 0 Å². The molecule has 1 rings (SSSR count). The summed E-state index contributed by atoms with van der Waals surface area (Å²) >= 11 is 0. The zero-order chi connectivity index (χ0) is 10.9. The van der Waals surface area contributed by atoms with Gasteiger partial charge in [0.1, 0.15) is 5.76 Å². The van der Waals surface area contributed by atoms with Crippen LogP contribution in [-0.4, -0.2) is 0 Å². The molecule has 0 atom stereocenters. The topological polar surface area (TPSA) is 13.1 Å². The molecule has 0 aromatic carbocycles. The Morgan fingerprint density at radius 3 is 2.27 bits per heavy atom. The van der Waals surface area contributed by atoms with Crippen molar-refractivity contribution in [1.29, 1.82) is 0 Å². The summed E-state index contributed by atoms with van der Waals surface area (Å²) in [6.45, 7) is 4.49. The molecule has 0 aliphatic rings. The van der Waals surface area contributed by atoms with Crippen LogP contribution in [0.4, 0.5) is 0 Å². The van der Waals surface area contributed by atoms with Crippen LogP contribution in [0.2, 0.25) is 0 Å². The van der Waals surface area contributed by atoms with Crippen molar-refractivity contribution in [3.8, 4) is 0 Å². The van der Waals surface area contributed by atoms with Crippen LogP contribution in [-0.2, 0) is 12.8 Å². The van der Waals surface area contributed by atoms with Crippen molar-refractivity contribution >= 4 is 0 Å². The van der Waals surface area contributed by atoms with Crippen molar-refractivity contribution in [3.05, 3.63) is 23.7 Å². The van der Waals surface area contributed by atoms with Crippen molar-refractivity contribution < 1.29 is 4.42 Å². The van der Waals surface area contributed by atoms with Gasteiger partial charge in [-0.1, -0.05) is 39.5 Å². The van der Waals surface area contributed by atoms with Crippen LogP contribution >= 0.6 is 0 Å². The summed E-state index contributed by atoms with van der Waals surface area (Å²) in [5, 5.41) is 0. The van der Waals surface area contributed by atoms with Crippen molar-refractivity contribution in [1.82, 2.24) is 0 Å². The van der Waals surface area contributed by atoms with Crippen molar-refractivity contribution in [3.63, 3.8) is 0 Å². The van der Waals surface area contributed by atoms with Gasteiger partial charge in [-0.3, -0.25) is 0 Å². The van der Waals surface area contributed by atoms with Crippen molar-refractivity contribution in [2.24, 2.45) is 0 Å². The fraction of sp³-hybridized carbons (Fsp3) is 0.714. The molecule has 15 heavy (non-hydrogen) atoms. The molecule has 0 spiro atoms. The molecule has 0 saturated carbocycles. The van der Waals surface area contributed by atoms with E-state index in [1.165, 1.54) is 56.3 Å². The third-order valence-electron chi connectivity index (χ3n) is 2.89. The number of aryl methyl sites for hydroxylation is 2. The molecule has 1 aromatic heterocycles. The number of rotatable bonds is 8. The normalized spacial score (nSPS) is 10.8. The van der Waals surface area contributed by atoms with Gasteiger partial charge in [-0.05, 0) is 30.9 Å². The monoisotopic (exact) mass is 208 g/mol. The molecule has 0 saturated heterocycles. The van der Waals surface area contributed by atoms with Gasteiger partial charge in [-0.2, -0.15) is 0 Å². The molecule has 1 heteroatoms. The van der Waals surface area contributed by atoms with Gasteiger partial charge in [0.05, 0.1) is 6.26 Å². The van der Waals surface area contributed by atoms with E-state index in [1.54, 1.807) is 0 Å². The SMILES string of the molecule is CCCCCc1ccoc1CCCCC. The molecule has 0 aliphatic carbocycles. The molecular weight excluding hydrogens is 184 g/mol. The van der Waals surface area contributed by atoms with E-state index in [9.17, 15) is 0 Å². The third-order valence-corrected chi connectivity index (χ3v) is 2.89. The van der Waals surface area contributed by atoms with Gasteiger partial charge >= 0.3 is 0 Å². The lowest BCUT2D eigenvalue weighted by atomic mass is 10.0. The van der Waals surface area contributed by atoms with Gasteiger partial charge in [0.15, 0.2) is 0 Å². The Bertz CT molecular complexity index is 225. The highest BCUT2D eigenvalue weighted by Crippen LogP contribution is 2.17. The summed E-state index contributed by atoms with van der Waals surface area (Å²) in [4.78, 5) is 0. The predicted molar refractivity (Wildman–Crippen MR) is 65.2 cm³/mol. The summed E-state index contributed by atoms with van der Waals surface area (Å²) in [7, 11) is 0. The van der Waals surface area contributed by atoms with Gasteiger partial charge in [-0.25, -0.2) is 0 Å². The lowest BCUT2D eigenvalue weighted by Gasteiger charge is -2.01. The first-order chi connectivity index (χ1) is 7.38. The minimum absolute atomic E-state index is 1.13. The Labute approximate surface area is 93.9 Å². The minimum Gasteiger partial charge on any atom is -0.469 e. The van der Waals surface area contributed by atoms with E-state index in [0.29, 0.717) is 0 Å². The van der Waals surface area contributed by atoms with Crippen molar-refractivity contribution in [2.75, 3.05) is 0 Å². The molecule has 86 valence electrons. The molecule has 0 radical (unpaired) electrons. The number of furan rings is 1. The van der Waals surface area contributed by atoms with Gasteiger partial charge in [0.25, 0.3) is 0 Å². The molecule has 1 nitrogen and oxygen atoms in total. The number of hydrogen-bond acceptors (Lipinski definition) is 1. The number of hydrogen-bond donors (Lipinski definition) is 0. The van der Waals surface area contributed by atoms with Crippen LogP contribution in [0.3, 0.4) is 0 Å². The van der Waals surface area contributed by atoms with E-state index >= 15 is 0 Å². The molecular formula is C14H24O. The second kappa shape index (κ2) is 7.56. The maximum atomic E-state index is 5.54. The van der Waals surface area contributed by atoms with Crippen LogP contribution in [0.25, 0.3) is 0 Å². The molecule has 0 unspecified atom stereocenters. The van der Waals surface area contributed by atoms with Crippen LogP contribution in [0, 0.1) is 0 Å². The fourth-order valence-corrected chi connectivity index (χ4v) is 1.91. The second-order valence-electron chi connectivity index (χ2n) is 4.28. The summed E-state index contributed by atoms with van der Waals surface area (Å²) in [6.07, 6.45) is 12.0. The zero-order valence-electron chi connectivity index (χ0n) is 10.2. The quantitative estimate of drug-likeness (QED) is 0.562. The summed E-state index contributed by atoms with van der Waals surface area (Å²) < 4.78 is 5.54. The molecule has 0 amide bonds. The smallest absolute Gasteiger partial charge is 0.106 e. The van der Waals surface area contributed by atoms with E-state index in [1.807, 2.05) is 6.26 Å². The summed E-state index contributed by atoms with van der Waals surface area (Å²) in [5.41, 5.74) is 1.44. The lowest BCUT2D eigenvalue weighted by Crippen LogP contribution is -1.90. The molecule has 0 fully saturated rings. The summed E-state index contributed by atoms with van der Waals surface area (Å²) in [6, 6.07) is 2.15. The minimum atomic E-state index is 1.13. The maximum Gasteiger partial charge on any atom is 0.106 e. The average Bonchev–Trinajstić information content (AvgIpc) is 2.67. The van der Waals surface area contributed by atoms with E-state index in [2.05, 4.69) is 19.9 Å². The van der Waals surface area contributed by atoms with Gasteiger partial charge < -0.3 is 4.42 Å². The van der Waals surface area contributed by atoms with Crippen LogP contribution in [0.15, 0.2) is 16.7 Å². The predicted octanol–water partition coefficient (Wildman–Crippen LogP) is 4.75. The van der Waals surface area contributed by atoms with E-state index < -0.39 is 0 Å². The van der Waals surface area contributed by atoms with E-state index in [-0.39, 0.29) is 0 Å². The molecule has 0 bridgehead atoms. The molecule has 0 N–H and O–H groups in total. The highest BCUT2D eigenvalue weighted by molar-refractivity contribution is 5.17. The van der Waals surface area contributed by atoms with Gasteiger partial charge in [0, 0.05) is 6.42 Å². The Morgan fingerprint density at radius 2 is 1.60 bits per heavy atom. The zero-order valence-corrected chi connectivity index (χ0v) is 10.2. The molecule has 1 aromatic rings. The first-order valence-electron chi connectivity index (χ1n) is 6.43. The Kier molecular flexibility index (Phi) is 6.22. The highest BCUT2D eigenvalue weighted by atomic mass is 16.3. The number of unbranched alkanes of at least 4 members (excludes halogenated alkanes) is 4. The van der Waals surface area contributed by atoms with Crippen LogP contribution in [0.1, 0.15) is 63.7 Å². The van der Waals surface area contributed by atoms with E-state index in [4.69, 9.17) is 4.42 Å². The van der Waals surface area contributed by atoms with Crippen molar-refractivity contribution in [2.45, 2.75) is 65.2 Å². The standard InChI is InChI=1S/C14H24O/c1-3-5-7-9-13-11-12-15-14(13)10-8-6-4-2/h11-12H,3-10H2,1-2H3. The van der Waals surface area contributed by atoms with Crippen LogP contribution < -0.4 is 0 Å². The Morgan fingerprint density at radius 1 is 0.933 bits per heavy atom. The Hall–Kier alpha value is -0.720. The third kappa shape index (κ3) is 4.55. The van der Waals surface area contributed by atoms with Gasteiger partial charge in [0.2, 0.25) is 0 Å². The summed E-state index contributed by atoms with van der Waals surface area (Å²) in [5.74, 6) is 1.24. The maximum absolute atomic E-state index is 5.54. The van der Waals surface area contributed by atoms with Gasteiger partial charge in [-0.15, -0.1) is 0 Å². The second-order valence-corrected chi connectivity index (χ2v) is 4.28. The average molecular weight is 208 g/mol.